The van der Waals surface area contributed by atoms with Gasteiger partial charge in [-0.05, 0) is 44.0 Å². The van der Waals surface area contributed by atoms with Gasteiger partial charge in [-0.15, -0.1) is 0 Å². The predicted molar refractivity (Wildman–Crippen MR) is 99.1 cm³/mol. The number of rotatable bonds is 5. The molecule has 1 aliphatic heterocycles. The first kappa shape index (κ1) is 17.9. The Bertz CT molecular complexity index is 803. The molecular formula is C19H26N6O2. The highest BCUT2D eigenvalue weighted by molar-refractivity contribution is 5.74. The van der Waals surface area contributed by atoms with Crippen molar-refractivity contribution >= 4 is 6.03 Å². The Morgan fingerprint density at radius 1 is 1.37 bits per heavy atom. The fourth-order valence-corrected chi connectivity index (χ4v) is 3.34. The van der Waals surface area contributed by atoms with Gasteiger partial charge in [-0.3, -0.25) is 9.88 Å². The molecule has 1 unspecified atom stereocenters. The predicted octanol–water partition coefficient (Wildman–Crippen LogP) is 2.10. The molecule has 0 bridgehead atoms. The van der Waals surface area contributed by atoms with Crippen molar-refractivity contribution in [3.8, 4) is 0 Å². The monoisotopic (exact) mass is 370 g/mol. The van der Waals surface area contributed by atoms with Crippen molar-refractivity contribution < 1.29 is 9.32 Å². The molecule has 1 saturated heterocycles. The summed E-state index contributed by atoms with van der Waals surface area (Å²) in [5.41, 5.74) is 2.09. The van der Waals surface area contributed by atoms with Crippen molar-refractivity contribution in [3.05, 3.63) is 41.3 Å². The highest BCUT2D eigenvalue weighted by Crippen LogP contribution is 2.38. The number of nitrogens with zero attached hydrogens (tertiary/aromatic N) is 5. The van der Waals surface area contributed by atoms with E-state index >= 15 is 0 Å². The molecule has 1 aliphatic carbocycles. The minimum atomic E-state index is -0.0845. The molecule has 3 heterocycles. The summed E-state index contributed by atoms with van der Waals surface area (Å²) in [6.45, 7) is 4.51. The maximum atomic E-state index is 12.6. The van der Waals surface area contributed by atoms with Gasteiger partial charge in [-0.2, -0.15) is 4.98 Å². The summed E-state index contributed by atoms with van der Waals surface area (Å²) < 4.78 is 5.49. The van der Waals surface area contributed by atoms with Crippen LogP contribution in [0.4, 0.5) is 4.79 Å². The zero-order valence-electron chi connectivity index (χ0n) is 15.9. The van der Waals surface area contributed by atoms with Gasteiger partial charge in [0.15, 0.2) is 5.82 Å². The number of urea groups is 1. The van der Waals surface area contributed by atoms with Crippen molar-refractivity contribution in [2.45, 2.75) is 44.7 Å². The minimum absolute atomic E-state index is 0.0638. The third kappa shape index (κ3) is 4.10. The third-order valence-corrected chi connectivity index (χ3v) is 5.33. The van der Waals surface area contributed by atoms with Crippen LogP contribution in [-0.4, -0.2) is 57.6 Å². The van der Waals surface area contributed by atoms with Gasteiger partial charge in [0, 0.05) is 31.7 Å². The Labute approximate surface area is 158 Å². The van der Waals surface area contributed by atoms with Crippen LogP contribution >= 0.6 is 0 Å². The maximum Gasteiger partial charge on any atom is 0.317 e. The van der Waals surface area contributed by atoms with Crippen LogP contribution < -0.4 is 5.32 Å². The second kappa shape index (κ2) is 7.64. The average Bonchev–Trinajstić information content (AvgIpc) is 3.44. The van der Waals surface area contributed by atoms with Crippen LogP contribution in [0.3, 0.4) is 0 Å². The highest BCUT2D eigenvalue weighted by atomic mass is 16.5. The summed E-state index contributed by atoms with van der Waals surface area (Å²) in [5.74, 6) is 1.87. The topological polar surface area (TPSA) is 87.4 Å². The van der Waals surface area contributed by atoms with E-state index in [0.717, 1.165) is 37.3 Å². The van der Waals surface area contributed by atoms with Gasteiger partial charge in [0.05, 0.1) is 12.2 Å². The van der Waals surface area contributed by atoms with Crippen LogP contribution in [0.2, 0.25) is 0 Å². The van der Waals surface area contributed by atoms with Crippen LogP contribution in [0, 0.1) is 0 Å². The van der Waals surface area contributed by atoms with E-state index in [1.807, 2.05) is 24.1 Å². The molecule has 8 nitrogen and oxygen atoms in total. The van der Waals surface area contributed by atoms with Crippen LogP contribution in [-0.2, 0) is 13.0 Å². The largest absolute Gasteiger partial charge is 0.338 e. The Balaban J connectivity index is 1.36. The highest BCUT2D eigenvalue weighted by Gasteiger charge is 2.34. The molecule has 1 saturated carbocycles. The van der Waals surface area contributed by atoms with Gasteiger partial charge in [-0.1, -0.05) is 12.1 Å². The van der Waals surface area contributed by atoms with E-state index in [2.05, 4.69) is 32.3 Å². The summed E-state index contributed by atoms with van der Waals surface area (Å²) in [6.07, 6.45) is 5.03. The molecule has 2 amide bonds. The molecular weight excluding hydrogens is 344 g/mol. The molecule has 2 aromatic heterocycles. The number of nitrogens with one attached hydrogen (secondary N) is 1. The lowest BCUT2D eigenvalue weighted by Crippen LogP contribution is -2.52. The van der Waals surface area contributed by atoms with E-state index in [9.17, 15) is 4.79 Å². The molecule has 2 fully saturated rings. The van der Waals surface area contributed by atoms with E-state index in [1.54, 1.807) is 6.20 Å². The average molecular weight is 370 g/mol. The van der Waals surface area contributed by atoms with E-state index in [1.165, 1.54) is 5.56 Å². The molecule has 1 N–H and O–H groups in total. The first-order valence-electron chi connectivity index (χ1n) is 9.64. The van der Waals surface area contributed by atoms with Crippen molar-refractivity contribution in [2.75, 3.05) is 26.7 Å². The fraction of sp³-hybridized carbons (Fsp3) is 0.579. The summed E-state index contributed by atoms with van der Waals surface area (Å²) >= 11 is 0. The number of amides is 2. The normalized spacial score (nSPS) is 20.7. The summed E-state index contributed by atoms with van der Waals surface area (Å²) in [6, 6.07) is 3.88. The molecule has 0 spiro atoms. The van der Waals surface area contributed by atoms with E-state index < -0.39 is 0 Å². The second-order valence-electron chi connectivity index (χ2n) is 7.38. The summed E-state index contributed by atoms with van der Waals surface area (Å²) in [7, 11) is 2.03. The first-order valence-corrected chi connectivity index (χ1v) is 9.64. The molecule has 0 radical (unpaired) electrons. The van der Waals surface area contributed by atoms with Gasteiger partial charge >= 0.3 is 6.03 Å². The number of carbonyl (C=O) groups is 1. The van der Waals surface area contributed by atoms with Crippen molar-refractivity contribution in [2.24, 2.45) is 0 Å². The third-order valence-electron chi connectivity index (χ3n) is 5.33. The first-order chi connectivity index (χ1) is 13.1. The zero-order chi connectivity index (χ0) is 18.8. The Hall–Kier alpha value is -2.48. The molecule has 144 valence electrons. The Kier molecular flexibility index (Phi) is 5.07. The lowest BCUT2D eigenvalue weighted by atomic mass is 10.2. The van der Waals surface area contributed by atoms with Crippen LogP contribution in [0.1, 0.15) is 54.7 Å². The van der Waals surface area contributed by atoms with E-state index in [4.69, 9.17) is 4.52 Å². The number of pyridine rings is 1. The van der Waals surface area contributed by atoms with Gasteiger partial charge in [0.2, 0.25) is 5.89 Å². The number of aryl methyl sites for hydroxylation is 1. The van der Waals surface area contributed by atoms with Crippen molar-refractivity contribution in [3.63, 3.8) is 0 Å². The van der Waals surface area contributed by atoms with Crippen LogP contribution in [0.25, 0.3) is 0 Å². The Morgan fingerprint density at radius 3 is 3.00 bits per heavy atom. The Morgan fingerprint density at radius 2 is 2.22 bits per heavy atom. The van der Waals surface area contributed by atoms with E-state index in [-0.39, 0.29) is 12.1 Å². The van der Waals surface area contributed by atoms with Crippen LogP contribution in [0.15, 0.2) is 22.9 Å². The molecule has 2 aromatic rings. The lowest BCUT2D eigenvalue weighted by Gasteiger charge is -2.37. The molecule has 4 rings (SSSR count). The summed E-state index contributed by atoms with van der Waals surface area (Å²) in [5, 5.41) is 7.09. The molecule has 2 aliphatic rings. The van der Waals surface area contributed by atoms with Crippen LogP contribution in [0.5, 0.6) is 0 Å². The lowest BCUT2D eigenvalue weighted by molar-refractivity contribution is 0.0910. The number of likely N-dealkylation sites (N-methyl/N-ethyl adjacent to an activating group) is 1. The van der Waals surface area contributed by atoms with Gasteiger partial charge in [-0.25, -0.2) is 4.79 Å². The number of carbonyl (C=O) groups excluding carboxylic acids is 1. The molecule has 1 atom stereocenters. The number of aromatic nitrogens is 3. The van der Waals surface area contributed by atoms with Crippen molar-refractivity contribution in [1.82, 2.24) is 30.2 Å². The molecule has 27 heavy (non-hydrogen) atoms. The molecule has 0 aromatic carbocycles. The van der Waals surface area contributed by atoms with E-state index in [0.29, 0.717) is 31.4 Å². The number of piperazine rings is 1. The minimum Gasteiger partial charge on any atom is -0.338 e. The van der Waals surface area contributed by atoms with Gasteiger partial charge in [0.1, 0.15) is 6.04 Å². The SMILES string of the molecule is CCc1ccnc(CNC(=O)N2CCN(C)C(c3nc(C4CC4)no3)C2)c1. The zero-order valence-corrected chi connectivity index (χ0v) is 15.9. The fourth-order valence-electron chi connectivity index (χ4n) is 3.34. The quantitative estimate of drug-likeness (QED) is 0.867. The summed E-state index contributed by atoms with van der Waals surface area (Å²) in [4.78, 5) is 25.5. The van der Waals surface area contributed by atoms with Gasteiger partial charge < -0.3 is 14.7 Å². The standard InChI is InChI=1S/C19H26N6O2/c1-3-13-6-7-20-15(10-13)11-21-19(26)25-9-8-24(2)16(12-25)18-22-17(23-27-18)14-4-5-14/h6-7,10,14,16H,3-5,8-9,11-12H2,1-2H3,(H,21,26). The van der Waals surface area contributed by atoms with Crippen molar-refractivity contribution in [1.29, 1.82) is 0 Å². The number of hydrogen-bond acceptors (Lipinski definition) is 6. The second-order valence-corrected chi connectivity index (χ2v) is 7.38. The smallest absolute Gasteiger partial charge is 0.317 e. The maximum absolute atomic E-state index is 12.6. The van der Waals surface area contributed by atoms with Gasteiger partial charge in [0.25, 0.3) is 0 Å². The molecule has 8 heteroatoms. The number of hydrogen-bond donors (Lipinski definition) is 1.